The molecular formula is C11H19N3OS. The first-order valence-corrected chi connectivity index (χ1v) is 6.22. The minimum absolute atomic E-state index is 0.0382. The zero-order valence-corrected chi connectivity index (χ0v) is 11.0. The van der Waals surface area contributed by atoms with Crippen molar-refractivity contribution in [2.75, 3.05) is 7.05 Å². The van der Waals surface area contributed by atoms with Crippen molar-refractivity contribution in [3.63, 3.8) is 0 Å². The monoisotopic (exact) mass is 241 g/mol. The maximum Gasteiger partial charge on any atom is 0.237 e. The zero-order valence-electron chi connectivity index (χ0n) is 10.2. The number of hydrogen-bond donors (Lipinski definition) is 2. The largest absolute Gasteiger partial charge is 0.358 e. The van der Waals surface area contributed by atoms with Crippen LogP contribution in [0.4, 0.5) is 0 Å². The van der Waals surface area contributed by atoms with Gasteiger partial charge in [-0.25, -0.2) is 4.98 Å². The minimum atomic E-state index is -0.146. The molecule has 4 nitrogen and oxygen atoms in total. The summed E-state index contributed by atoms with van der Waals surface area (Å²) >= 11 is 1.66. The molecule has 16 heavy (non-hydrogen) atoms. The van der Waals surface area contributed by atoms with Crippen LogP contribution in [0.15, 0.2) is 6.20 Å². The normalized spacial score (nSPS) is 12.8. The lowest BCUT2D eigenvalue weighted by atomic mass is 10.0. The van der Waals surface area contributed by atoms with E-state index in [1.807, 2.05) is 27.0 Å². The number of carbonyl (C=O) groups excluding carboxylic acids is 1. The quantitative estimate of drug-likeness (QED) is 0.817. The first-order chi connectivity index (χ1) is 7.54. The highest BCUT2D eigenvalue weighted by Gasteiger charge is 2.20. The number of nitrogens with zero attached hydrogens (tertiary/aromatic N) is 1. The molecule has 1 unspecified atom stereocenters. The molecule has 0 fully saturated rings. The van der Waals surface area contributed by atoms with Crippen molar-refractivity contribution < 1.29 is 4.79 Å². The molecular weight excluding hydrogens is 222 g/mol. The Morgan fingerprint density at radius 3 is 2.69 bits per heavy atom. The lowest BCUT2D eigenvalue weighted by Gasteiger charge is -2.20. The van der Waals surface area contributed by atoms with Crippen LogP contribution in [0.1, 0.15) is 23.7 Å². The van der Waals surface area contributed by atoms with Gasteiger partial charge in [0.25, 0.3) is 0 Å². The molecule has 2 N–H and O–H groups in total. The second-order valence-electron chi connectivity index (χ2n) is 4.06. The van der Waals surface area contributed by atoms with Gasteiger partial charge in [0.15, 0.2) is 0 Å². The molecule has 1 heterocycles. The fourth-order valence-corrected chi connectivity index (χ4v) is 2.23. The average molecular weight is 241 g/mol. The highest BCUT2D eigenvalue weighted by Crippen LogP contribution is 2.12. The van der Waals surface area contributed by atoms with E-state index < -0.39 is 0 Å². The van der Waals surface area contributed by atoms with Gasteiger partial charge in [-0.05, 0) is 12.8 Å². The van der Waals surface area contributed by atoms with Gasteiger partial charge < -0.3 is 10.6 Å². The minimum Gasteiger partial charge on any atom is -0.358 e. The Morgan fingerprint density at radius 1 is 1.56 bits per heavy atom. The van der Waals surface area contributed by atoms with Crippen molar-refractivity contribution in [2.24, 2.45) is 5.92 Å². The van der Waals surface area contributed by atoms with Crippen molar-refractivity contribution in [3.8, 4) is 0 Å². The smallest absolute Gasteiger partial charge is 0.237 e. The van der Waals surface area contributed by atoms with Crippen LogP contribution in [0, 0.1) is 12.8 Å². The lowest BCUT2D eigenvalue weighted by Crippen LogP contribution is -2.45. The Kier molecular flexibility index (Phi) is 4.89. The fourth-order valence-electron chi connectivity index (χ4n) is 1.48. The van der Waals surface area contributed by atoms with Crippen LogP contribution < -0.4 is 10.6 Å². The summed E-state index contributed by atoms with van der Waals surface area (Å²) in [6.45, 7) is 6.74. The summed E-state index contributed by atoms with van der Waals surface area (Å²) in [6.07, 6.45) is 1.86. The number of aryl methyl sites for hydroxylation is 1. The van der Waals surface area contributed by atoms with E-state index in [4.69, 9.17) is 0 Å². The summed E-state index contributed by atoms with van der Waals surface area (Å²) in [5, 5.41) is 6.99. The van der Waals surface area contributed by atoms with E-state index in [9.17, 15) is 4.79 Å². The van der Waals surface area contributed by atoms with Gasteiger partial charge in [-0.1, -0.05) is 13.8 Å². The van der Waals surface area contributed by atoms with Crippen LogP contribution >= 0.6 is 11.3 Å². The molecule has 1 amide bonds. The van der Waals surface area contributed by atoms with E-state index in [1.165, 1.54) is 0 Å². The number of thiazole rings is 1. The Hall–Kier alpha value is -0.940. The van der Waals surface area contributed by atoms with Crippen LogP contribution in [0.2, 0.25) is 0 Å². The van der Waals surface area contributed by atoms with Crippen molar-refractivity contribution >= 4 is 17.2 Å². The van der Waals surface area contributed by atoms with E-state index in [1.54, 1.807) is 18.4 Å². The maximum atomic E-state index is 11.6. The predicted molar refractivity (Wildman–Crippen MR) is 66.4 cm³/mol. The maximum absolute atomic E-state index is 11.6. The topological polar surface area (TPSA) is 54.0 Å². The molecule has 0 radical (unpaired) electrons. The summed E-state index contributed by atoms with van der Waals surface area (Å²) in [4.78, 5) is 16.9. The molecule has 1 aromatic heterocycles. The number of nitrogens with one attached hydrogen (secondary N) is 2. The predicted octanol–water partition coefficient (Wildman–Crippen LogP) is 1.31. The van der Waals surface area contributed by atoms with Crippen molar-refractivity contribution in [1.29, 1.82) is 0 Å². The molecule has 0 aromatic carbocycles. The molecule has 0 bridgehead atoms. The van der Waals surface area contributed by atoms with Gasteiger partial charge in [0, 0.05) is 24.7 Å². The molecule has 0 saturated heterocycles. The van der Waals surface area contributed by atoms with Gasteiger partial charge >= 0.3 is 0 Å². The summed E-state index contributed by atoms with van der Waals surface area (Å²) in [5.74, 6) is 0.310. The average Bonchev–Trinajstić information content (AvgIpc) is 2.63. The molecule has 1 aromatic rings. The second-order valence-corrected chi connectivity index (χ2v) is 5.38. The van der Waals surface area contributed by atoms with E-state index in [-0.39, 0.29) is 17.9 Å². The van der Waals surface area contributed by atoms with E-state index in [2.05, 4.69) is 15.6 Å². The Labute approximate surface area is 100 Å². The molecule has 0 aliphatic carbocycles. The second kappa shape index (κ2) is 5.96. The standard InChI is InChI=1S/C11H19N3OS/c1-7(2)10(11(15)12-4)14-6-9-5-13-8(3)16-9/h5,7,10,14H,6H2,1-4H3,(H,12,15). The third-order valence-corrected chi connectivity index (χ3v) is 3.27. The highest BCUT2D eigenvalue weighted by molar-refractivity contribution is 7.11. The van der Waals surface area contributed by atoms with Gasteiger partial charge in [0.05, 0.1) is 11.0 Å². The number of aromatic nitrogens is 1. The Bertz CT molecular complexity index is 349. The summed E-state index contributed by atoms with van der Waals surface area (Å²) in [5.41, 5.74) is 0. The molecule has 1 rings (SSSR count). The Morgan fingerprint density at radius 2 is 2.25 bits per heavy atom. The van der Waals surface area contributed by atoms with Gasteiger partial charge in [0.2, 0.25) is 5.91 Å². The molecule has 0 spiro atoms. The number of hydrogen-bond acceptors (Lipinski definition) is 4. The van der Waals surface area contributed by atoms with Crippen molar-refractivity contribution in [3.05, 3.63) is 16.1 Å². The first kappa shape index (κ1) is 13.1. The Balaban J connectivity index is 2.53. The van der Waals surface area contributed by atoms with Gasteiger partial charge in [-0.2, -0.15) is 0 Å². The van der Waals surface area contributed by atoms with Gasteiger partial charge in [-0.3, -0.25) is 4.79 Å². The SMILES string of the molecule is CNC(=O)C(NCc1cnc(C)s1)C(C)C. The van der Waals surface area contributed by atoms with Crippen LogP contribution in [-0.2, 0) is 11.3 Å². The highest BCUT2D eigenvalue weighted by atomic mass is 32.1. The number of rotatable bonds is 5. The number of carbonyl (C=O) groups is 1. The van der Waals surface area contributed by atoms with Crippen molar-refractivity contribution in [2.45, 2.75) is 33.4 Å². The molecule has 0 aliphatic rings. The van der Waals surface area contributed by atoms with E-state index in [0.29, 0.717) is 6.54 Å². The summed E-state index contributed by atoms with van der Waals surface area (Å²) in [7, 11) is 1.66. The molecule has 0 saturated carbocycles. The van der Waals surface area contributed by atoms with Gasteiger partial charge in [-0.15, -0.1) is 11.3 Å². The lowest BCUT2D eigenvalue weighted by molar-refractivity contribution is -0.123. The van der Waals surface area contributed by atoms with E-state index >= 15 is 0 Å². The molecule has 90 valence electrons. The third-order valence-electron chi connectivity index (χ3n) is 2.36. The van der Waals surface area contributed by atoms with Crippen molar-refractivity contribution in [1.82, 2.24) is 15.6 Å². The van der Waals surface area contributed by atoms with E-state index in [0.717, 1.165) is 9.88 Å². The van der Waals surface area contributed by atoms with Crippen LogP contribution in [0.3, 0.4) is 0 Å². The van der Waals surface area contributed by atoms with Gasteiger partial charge in [0.1, 0.15) is 0 Å². The van der Waals surface area contributed by atoms with Crippen LogP contribution in [0.25, 0.3) is 0 Å². The summed E-state index contributed by atoms with van der Waals surface area (Å²) in [6, 6.07) is -0.146. The third kappa shape index (κ3) is 3.57. The number of likely N-dealkylation sites (N-methyl/N-ethyl adjacent to an activating group) is 1. The summed E-state index contributed by atoms with van der Waals surface area (Å²) < 4.78 is 0. The van der Waals surface area contributed by atoms with Crippen LogP contribution in [0.5, 0.6) is 0 Å². The molecule has 1 atom stereocenters. The first-order valence-electron chi connectivity index (χ1n) is 5.41. The zero-order chi connectivity index (χ0) is 12.1. The molecule has 0 aliphatic heterocycles. The fraction of sp³-hybridized carbons (Fsp3) is 0.636. The molecule has 5 heteroatoms. The number of amides is 1. The van der Waals surface area contributed by atoms with Crippen LogP contribution in [-0.4, -0.2) is 24.0 Å².